The Morgan fingerprint density at radius 1 is 1.25 bits per heavy atom. The molecule has 28 heavy (non-hydrogen) atoms. The van der Waals surface area contributed by atoms with Crippen molar-refractivity contribution in [3.8, 4) is 0 Å². The molecule has 3 atom stereocenters. The molecule has 1 saturated carbocycles. The molecule has 1 amide bonds. The number of rotatable bonds is 8. The molecule has 2 rings (SSSR count). The summed E-state index contributed by atoms with van der Waals surface area (Å²) in [5, 5.41) is 2.75. The van der Waals surface area contributed by atoms with Gasteiger partial charge in [0.1, 0.15) is 11.6 Å². The largest absolute Gasteiger partial charge is 0.467 e. The second-order valence-corrected chi connectivity index (χ2v) is 7.85. The number of methoxy groups -OCH3 is 1. The van der Waals surface area contributed by atoms with Gasteiger partial charge in [-0.05, 0) is 38.2 Å². The summed E-state index contributed by atoms with van der Waals surface area (Å²) in [6.07, 6.45) is 3.17. The lowest BCUT2D eigenvalue weighted by Gasteiger charge is -2.35. The van der Waals surface area contributed by atoms with Crippen LogP contribution in [-0.2, 0) is 23.9 Å². The third-order valence-corrected chi connectivity index (χ3v) is 5.63. The second kappa shape index (κ2) is 9.62. The average molecular weight is 387 g/mol. The maximum atomic E-state index is 12.7. The van der Waals surface area contributed by atoms with Crippen LogP contribution < -0.4 is 5.32 Å². The van der Waals surface area contributed by atoms with Crippen LogP contribution in [0.2, 0.25) is 0 Å². The van der Waals surface area contributed by atoms with Crippen molar-refractivity contribution in [3.05, 3.63) is 35.9 Å². The number of hydrogen-bond acceptors (Lipinski definition) is 5. The Balaban J connectivity index is 2.00. The van der Waals surface area contributed by atoms with Gasteiger partial charge >= 0.3 is 5.97 Å². The maximum absolute atomic E-state index is 12.7. The normalized spacial score (nSPS) is 23.0. The first-order chi connectivity index (χ1) is 13.3. The average Bonchev–Trinajstić information content (AvgIpc) is 2.68. The second-order valence-electron chi connectivity index (χ2n) is 7.85. The Labute approximate surface area is 166 Å². The number of Topliss-reactive ketones (excluding diaryl/α,β-unsaturated/α-hetero) is 2. The smallest absolute Gasteiger partial charge is 0.333 e. The van der Waals surface area contributed by atoms with Gasteiger partial charge in [0.05, 0.1) is 7.11 Å². The minimum absolute atomic E-state index is 0.0526. The molecule has 0 aliphatic heterocycles. The first kappa shape index (κ1) is 21.8. The highest BCUT2D eigenvalue weighted by Crippen LogP contribution is 2.40. The number of benzene rings is 1. The number of nitrogens with one attached hydrogen (secondary N) is 1. The highest BCUT2D eigenvalue weighted by atomic mass is 16.5. The van der Waals surface area contributed by atoms with E-state index in [-0.39, 0.29) is 23.9 Å². The molecule has 1 aliphatic carbocycles. The van der Waals surface area contributed by atoms with Gasteiger partial charge in [-0.15, -0.1) is 0 Å². The number of ketones is 2. The van der Waals surface area contributed by atoms with Crippen LogP contribution in [0.25, 0.3) is 0 Å². The van der Waals surface area contributed by atoms with Crippen LogP contribution in [0, 0.1) is 11.3 Å². The number of hydrogen-bond donors (Lipinski definition) is 1. The number of carbonyl (C=O) groups is 4. The van der Waals surface area contributed by atoms with Crippen molar-refractivity contribution in [3.63, 3.8) is 0 Å². The molecule has 0 unspecified atom stereocenters. The molecule has 6 heteroatoms. The van der Waals surface area contributed by atoms with Crippen molar-refractivity contribution in [1.29, 1.82) is 0 Å². The molecule has 1 aromatic carbocycles. The van der Waals surface area contributed by atoms with Gasteiger partial charge < -0.3 is 14.8 Å². The molecule has 0 spiro atoms. The van der Waals surface area contributed by atoms with Crippen molar-refractivity contribution in [2.75, 3.05) is 7.11 Å². The van der Waals surface area contributed by atoms with Crippen molar-refractivity contribution in [2.45, 2.75) is 58.4 Å². The van der Waals surface area contributed by atoms with Crippen LogP contribution in [0.5, 0.6) is 0 Å². The van der Waals surface area contributed by atoms with Crippen LogP contribution in [0.3, 0.4) is 0 Å². The van der Waals surface area contributed by atoms with Gasteiger partial charge in [-0.1, -0.05) is 37.3 Å². The molecular formula is C22H29NO5. The van der Waals surface area contributed by atoms with Gasteiger partial charge in [0.15, 0.2) is 6.04 Å². The van der Waals surface area contributed by atoms with Crippen LogP contribution >= 0.6 is 0 Å². The molecule has 1 N–H and O–H groups in total. The van der Waals surface area contributed by atoms with E-state index in [4.69, 9.17) is 4.74 Å². The van der Waals surface area contributed by atoms with E-state index in [0.717, 1.165) is 0 Å². The zero-order chi connectivity index (χ0) is 20.7. The van der Waals surface area contributed by atoms with E-state index < -0.39 is 23.3 Å². The van der Waals surface area contributed by atoms with Gasteiger partial charge in [0.25, 0.3) is 0 Å². The highest BCUT2D eigenvalue weighted by Gasteiger charge is 2.41. The van der Waals surface area contributed by atoms with E-state index in [1.165, 1.54) is 7.11 Å². The summed E-state index contributed by atoms with van der Waals surface area (Å²) in [5.41, 5.74) is 0.159. The SMILES string of the molecule is COC(=O)[C@@H](NC(=O)[C@@H]1CC[C@@](C)(CCCC(C)=O)C(=O)C1)c1ccccc1. The fraction of sp³-hybridized carbons (Fsp3) is 0.545. The van der Waals surface area contributed by atoms with Crippen molar-refractivity contribution in [2.24, 2.45) is 11.3 Å². The first-order valence-electron chi connectivity index (χ1n) is 9.72. The number of amides is 1. The molecule has 0 radical (unpaired) electrons. The molecule has 0 heterocycles. The lowest BCUT2D eigenvalue weighted by molar-refractivity contribution is -0.146. The molecule has 6 nitrogen and oxygen atoms in total. The minimum atomic E-state index is -0.891. The summed E-state index contributed by atoms with van der Waals surface area (Å²) < 4.78 is 4.82. The van der Waals surface area contributed by atoms with E-state index in [9.17, 15) is 19.2 Å². The summed E-state index contributed by atoms with van der Waals surface area (Å²) in [7, 11) is 1.28. The summed E-state index contributed by atoms with van der Waals surface area (Å²) in [4.78, 5) is 48.7. The van der Waals surface area contributed by atoms with Gasteiger partial charge in [-0.2, -0.15) is 0 Å². The van der Waals surface area contributed by atoms with E-state index in [2.05, 4.69) is 5.32 Å². The fourth-order valence-corrected chi connectivity index (χ4v) is 3.72. The Hall–Kier alpha value is -2.50. The lowest BCUT2D eigenvalue weighted by atomic mass is 9.68. The third kappa shape index (κ3) is 5.50. The summed E-state index contributed by atoms with van der Waals surface area (Å²) >= 11 is 0. The number of ether oxygens (including phenoxy) is 1. The quantitative estimate of drug-likeness (QED) is 0.692. The minimum Gasteiger partial charge on any atom is -0.467 e. The predicted octanol–water partition coefficient (Wildman–Crippen LogP) is 3.15. The van der Waals surface area contributed by atoms with Crippen LogP contribution in [-0.4, -0.2) is 30.6 Å². The Morgan fingerprint density at radius 2 is 1.93 bits per heavy atom. The van der Waals surface area contributed by atoms with Crippen LogP contribution in [0.4, 0.5) is 0 Å². The van der Waals surface area contributed by atoms with Crippen molar-refractivity contribution < 1.29 is 23.9 Å². The maximum Gasteiger partial charge on any atom is 0.333 e. The third-order valence-electron chi connectivity index (χ3n) is 5.63. The number of esters is 1. The summed E-state index contributed by atoms with van der Waals surface area (Å²) in [5.74, 6) is -1.13. The van der Waals surface area contributed by atoms with Gasteiger partial charge in [0.2, 0.25) is 5.91 Å². The molecule has 1 fully saturated rings. The van der Waals surface area contributed by atoms with Crippen LogP contribution in [0.15, 0.2) is 30.3 Å². The standard InChI is InChI=1S/C22H29NO5/c1-15(24)8-7-12-22(2)13-11-17(14-18(22)25)20(26)23-19(21(27)28-3)16-9-5-4-6-10-16/h4-6,9-10,17,19H,7-8,11-14H2,1-3H3,(H,23,26)/t17-,19+,22-/m1/s1. The van der Waals surface area contributed by atoms with Gasteiger partial charge in [-0.3, -0.25) is 9.59 Å². The summed E-state index contributed by atoms with van der Waals surface area (Å²) in [6.45, 7) is 3.47. The first-order valence-corrected chi connectivity index (χ1v) is 9.72. The monoisotopic (exact) mass is 387 g/mol. The van der Waals surface area contributed by atoms with E-state index >= 15 is 0 Å². The van der Waals surface area contributed by atoms with Gasteiger partial charge in [-0.25, -0.2) is 4.79 Å². The summed E-state index contributed by atoms with van der Waals surface area (Å²) in [6, 6.07) is 8.01. The van der Waals surface area contributed by atoms with E-state index in [1.54, 1.807) is 31.2 Å². The van der Waals surface area contributed by atoms with E-state index in [0.29, 0.717) is 37.7 Å². The Kier molecular flexibility index (Phi) is 7.49. The lowest BCUT2D eigenvalue weighted by Crippen LogP contribution is -2.43. The molecule has 0 bridgehead atoms. The number of carbonyl (C=O) groups excluding carboxylic acids is 4. The van der Waals surface area contributed by atoms with Crippen molar-refractivity contribution in [1.82, 2.24) is 5.32 Å². The molecule has 1 aromatic rings. The molecular weight excluding hydrogens is 358 g/mol. The topological polar surface area (TPSA) is 89.5 Å². The highest BCUT2D eigenvalue weighted by molar-refractivity contribution is 5.93. The van der Waals surface area contributed by atoms with Crippen molar-refractivity contribution >= 4 is 23.4 Å². The zero-order valence-electron chi connectivity index (χ0n) is 16.8. The van der Waals surface area contributed by atoms with Crippen LogP contribution in [0.1, 0.15) is 64.0 Å². The molecule has 152 valence electrons. The molecule has 0 saturated heterocycles. The fourth-order valence-electron chi connectivity index (χ4n) is 3.72. The Bertz CT molecular complexity index is 730. The predicted molar refractivity (Wildman–Crippen MR) is 104 cm³/mol. The van der Waals surface area contributed by atoms with E-state index in [1.807, 2.05) is 13.0 Å². The molecule has 1 aliphatic rings. The Morgan fingerprint density at radius 3 is 2.50 bits per heavy atom. The zero-order valence-corrected chi connectivity index (χ0v) is 16.8. The molecule has 0 aromatic heterocycles. The van der Waals surface area contributed by atoms with Gasteiger partial charge in [0, 0.05) is 24.2 Å².